The second kappa shape index (κ2) is 9.41. The fourth-order valence-corrected chi connectivity index (χ4v) is 3.98. The van der Waals surface area contributed by atoms with Crippen molar-refractivity contribution in [3.63, 3.8) is 0 Å². The minimum Gasteiger partial charge on any atom is -0.354 e. The molecule has 12 heteroatoms. The Kier molecular flexibility index (Phi) is 6.53. The highest BCUT2D eigenvalue weighted by molar-refractivity contribution is 6.31. The predicted molar refractivity (Wildman–Crippen MR) is 124 cm³/mol. The summed E-state index contributed by atoms with van der Waals surface area (Å²) in [5, 5.41) is 6.57. The third-order valence-electron chi connectivity index (χ3n) is 5.39. The number of benzene rings is 2. The van der Waals surface area contributed by atoms with Crippen molar-refractivity contribution in [2.75, 3.05) is 29.1 Å². The molecular weight excluding hydrogens is 490 g/mol. The summed E-state index contributed by atoms with van der Waals surface area (Å²) in [4.78, 5) is 30.1. The Hall–Kier alpha value is -3.86. The van der Waals surface area contributed by atoms with E-state index < -0.39 is 28.6 Å². The zero-order valence-electron chi connectivity index (χ0n) is 18.1. The smallest absolute Gasteiger partial charge is 0.354 e. The third kappa shape index (κ3) is 4.99. The fourth-order valence-electron chi connectivity index (χ4n) is 3.75. The highest BCUT2D eigenvalue weighted by Crippen LogP contribution is 2.39. The molecule has 1 aliphatic rings. The van der Waals surface area contributed by atoms with Gasteiger partial charge in [0, 0.05) is 42.4 Å². The Bertz CT molecular complexity index is 1320. The van der Waals surface area contributed by atoms with E-state index in [1.165, 1.54) is 25.4 Å². The zero-order valence-corrected chi connectivity index (χ0v) is 18.9. The standard InChI is InChI=1S/C23H18ClF4N5O2/c1-29-21(34)18-11-13(6-8-30-18)33-9-7-14-19(33)5-4-17(20(14)25)32-22(35)31-12-2-3-16(24)15(10-12)23(26,27)28/h2-6,8,10-11H,7,9H2,1H3,(H,29,34)(H2,31,32,35). The number of nitrogens with zero attached hydrogens (tertiary/aromatic N) is 2. The molecule has 0 saturated heterocycles. The number of urea groups is 1. The SMILES string of the molecule is CNC(=O)c1cc(N2CCc3c2ccc(NC(=O)Nc2ccc(Cl)c(C(F)(F)F)c2)c3F)ccn1. The number of rotatable bonds is 4. The molecule has 0 fully saturated rings. The number of aromatic nitrogens is 1. The summed E-state index contributed by atoms with van der Waals surface area (Å²) in [6.07, 6.45) is -2.88. The van der Waals surface area contributed by atoms with Gasteiger partial charge < -0.3 is 20.9 Å². The molecule has 4 rings (SSSR count). The zero-order chi connectivity index (χ0) is 25.3. The van der Waals surface area contributed by atoms with Gasteiger partial charge in [0.1, 0.15) is 5.69 Å². The third-order valence-corrected chi connectivity index (χ3v) is 5.72. The normalized spacial score (nSPS) is 12.8. The first-order valence-corrected chi connectivity index (χ1v) is 10.7. The molecule has 2 heterocycles. The quantitative estimate of drug-likeness (QED) is 0.402. The van der Waals surface area contributed by atoms with E-state index in [0.717, 1.165) is 6.07 Å². The van der Waals surface area contributed by atoms with Gasteiger partial charge in [-0.2, -0.15) is 13.2 Å². The Morgan fingerprint density at radius 2 is 1.86 bits per heavy atom. The van der Waals surface area contributed by atoms with E-state index in [1.54, 1.807) is 18.2 Å². The van der Waals surface area contributed by atoms with E-state index >= 15 is 4.39 Å². The van der Waals surface area contributed by atoms with Crippen LogP contribution in [-0.2, 0) is 12.6 Å². The van der Waals surface area contributed by atoms with Crippen LogP contribution >= 0.6 is 11.6 Å². The first kappa shape index (κ1) is 24.3. The predicted octanol–water partition coefficient (Wildman–Crippen LogP) is 5.59. The summed E-state index contributed by atoms with van der Waals surface area (Å²) >= 11 is 5.58. The maximum Gasteiger partial charge on any atom is 0.417 e. The minimum absolute atomic E-state index is 0.131. The van der Waals surface area contributed by atoms with Crippen LogP contribution in [0.25, 0.3) is 0 Å². The van der Waals surface area contributed by atoms with Crippen LogP contribution in [0.2, 0.25) is 5.02 Å². The van der Waals surface area contributed by atoms with Crippen molar-refractivity contribution >= 4 is 46.3 Å². The van der Waals surface area contributed by atoms with Crippen molar-refractivity contribution < 1.29 is 27.2 Å². The summed E-state index contributed by atoms with van der Waals surface area (Å²) in [5.41, 5.74) is 0.395. The molecule has 1 aliphatic heterocycles. The topological polar surface area (TPSA) is 86.4 Å². The molecule has 3 amide bonds. The highest BCUT2D eigenvalue weighted by atomic mass is 35.5. The van der Waals surface area contributed by atoms with E-state index in [-0.39, 0.29) is 23.0 Å². The van der Waals surface area contributed by atoms with Gasteiger partial charge in [0.25, 0.3) is 5.91 Å². The lowest BCUT2D eigenvalue weighted by Gasteiger charge is -2.20. The lowest BCUT2D eigenvalue weighted by atomic mass is 10.1. The van der Waals surface area contributed by atoms with Gasteiger partial charge in [0.2, 0.25) is 0 Å². The van der Waals surface area contributed by atoms with E-state index in [2.05, 4.69) is 20.9 Å². The summed E-state index contributed by atoms with van der Waals surface area (Å²) < 4.78 is 54.3. The number of fused-ring (bicyclic) bond motifs is 1. The van der Waals surface area contributed by atoms with Crippen LogP contribution < -0.4 is 20.9 Å². The number of amides is 3. The van der Waals surface area contributed by atoms with Gasteiger partial charge in [-0.15, -0.1) is 0 Å². The number of carbonyl (C=O) groups is 2. The molecular formula is C23H18ClF4N5O2. The van der Waals surface area contributed by atoms with Crippen molar-refractivity contribution in [2.45, 2.75) is 12.6 Å². The molecule has 0 atom stereocenters. The lowest BCUT2D eigenvalue weighted by Crippen LogP contribution is -2.21. The van der Waals surface area contributed by atoms with Gasteiger partial charge in [-0.25, -0.2) is 9.18 Å². The summed E-state index contributed by atoms with van der Waals surface area (Å²) in [7, 11) is 1.49. The van der Waals surface area contributed by atoms with Gasteiger partial charge >= 0.3 is 12.2 Å². The Morgan fingerprint density at radius 3 is 2.57 bits per heavy atom. The molecule has 1 aromatic heterocycles. The van der Waals surface area contributed by atoms with Crippen molar-refractivity contribution in [3.8, 4) is 0 Å². The van der Waals surface area contributed by atoms with Crippen molar-refractivity contribution in [3.05, 3.63) is 76.3 Å². The number of anilines is 4. The van der Waals surface area contributed by atoms with Crippen LogP contribution in [0.15, 0.2) is 48.7 Å². The average molecular weight is 508 g/mol. The Morgan fingerprint density at radius 1 is 1.09 bits per heavy atom. The summed E-state index contributed by atoms with van der Waals surface area (Å²) in [6, 6.07) is 8.25. The number of alkyl halides is 3. The molecule has 3 aromatic rings. The molecule has 35 heavy (non-hydrogen) atoms. The maximum atomic E-state index is 15.2. The second-order valence-corrected chi connectivity index (χ2v) is 7.98. The van der Waals surface area contributed by atoms with Crippen LogP contribution in [0.3, 0.4) is 0 Å². The van der Waals surface area contributed by atoms with Crippen LogP contribution in [0.1, 0.15) is 21.6 Å². The minimum atomic E-state index is -4.70. The molecule has 7 nitrogen and oxygen atoms in total. The van der Waals surface area contributed by atoms with E-state index in [9.17, 15) is 22.8 Å². The molecule has 3 N–H and O–H groups in total. The second-order valence-electron chi connectivity index (χ2n) is 7.58. The van der Waals surface area contributed by atoms with Gasteiger partial charge in [-0.05, 0) is 48.9 Å². The summed E-state index contributed by atoms with van der Waals surface area (Å²) in [6.45, 7) is 0.435. The highest BCUT2D eigenvalue weighted by Gasteiger charge is 2.33. The number of pyridine rings is 1. The Balaban J connectivity index is 1.52. The number of carbonyl (C=O) groups excluding carboxylic acids is 2. The fraction of sp³-hybridized carbons (Fsp3) is 0.174. The molecule has 0 radical (unpaired) electrons. The van der Waals surface area contributed by atoms with Gasteiger partial charge in [0.05, 0.1) is 16.3 Å². The lowest BCUT2D eigenvalue weighted by molar-refractivity contribution is -0.137. The molecule has 0 unspecified atom stereocenters. The summed E-state index contributed by atoms with van der Waals surface area (Å²) in [5.74, 6) is -1.01. The number of hydrogen-bond acceptors (Lipinski definition) is 4. The molecule has 0 bridgehead atoms. The van der Waals surface area contributed by atoms with E-state index in [0.29, 0.717) is 36.0 Å². The van der Waals surface area contributed by atoms with Crippen LogP contribution in [0.5, 0.6) is 0 Å². The van der Waals surface area contributed by atoms with E-state index in [1.807, 2.05) is 4.90 Å². The maximum absolute atomic E-state index is 15.2. The average Bonchev–Trinajstić information content (AvgIpc) is 3.26. The molecule has 0 aliphatic carbocycles. The van der Waals surface area contributed by atoms with E-state index in [4.69, 9.17) is 11.6 Å². The Labute approximate surface area is 202 Å². The van der Waals surface area contributed by atoms with Crippen molar-refractivity contribution in [1.29, 1.82) is 0 Å². The molecule has 0 saturated carbocycles. The van der Waals surface area contributed by atoms with Crippen LogP contribution in [-0.4, -0.2) is 30.5 Å². The van der Waals surface area contributed by atoms with Crippen LogP contribution in [0.4, 0.5) is 45.1 Å². The van der Waals surface area contributed by atoms with Crippen molar-refractivity contribution in [1.82, 2.24) is 10.3 Å². The van der Waals surface area contributed by atoms with Crippen LogP contribution in [0, 0.1) is 5.82 Å². The molecule has 2 aromatic carbocycles. The molecule has 182 valence electrons. The van der Waals surface area contributed by atoms with Gasteiger partial charge in [0.15, 0.2) is 5.82 Å². The largest absolute Gasteiger partial charge is 0.417 e. The van der Waals surface area contributed by atoms with Crippen molar-refractivity contribution in [2.24, 2.45) is 0 Å². The first-order chi connectivity index (χ1) is 16.6. The number of halogens is 5. The monoisotopic (exact) mass is 507 g/mol. The number of hydrogen-bond donors (Lipinski definition) is 3. The van der Waals surface area contributed by atoms with Gasteiger partial charge in [-0.3, -0.25) is 9.78 Å². The molecule has 0 spiro atoms. The van der Waals surface area contributed by atoms with Gasteiger partial charge in [-0.1, -0.05) is 11.6 Å². The number of nitrogens with one attached hydrogen (secondary N) is 3. The first-order valence-electron chi connectivity index (χ1n) is 10.3.